The van der Waals surface area contributed by atoms with E-state index in [0.29, 0.717) is 0 Å². The lowest BCUT2D eigenvalue weighted by Crippen LogP contribution is -1.88. The Labute approximate surface area is 73.0 Å². The van der Waals surface area contributed by atoms with Gasteiger partial charge < -0.3 is 0 Å². The molecule has 0 bridgehead atoms. The van der Waals surface area contributed by atoms with Crippen molar-refractivity contribution in [3.05, 3.63) is 0 Å². The number of unbranched alkanes of at least 4 members (excludes halogenated alkanes) is 4. The minimum Gasteiger partial charge on any atom is -0.0803 e. The number of hydrogen-bond acceptors (Lipinski definition) is 0. The van der Waals surface area contributed by atoms with Crippen LogP contribution in [0.2, 0.25) is 12.6 Å². The minimum atomic E-state index is 1.34. The van der Waals surface area contributed by atoms with Crippen LogP contribution in [0.1, 0.15) is 52.4 Å². The Balaban J connectivity index is 2.69. The van der Waals surface area contributed by atoms with Gasteiger partial charge >= 0.3 is 0 Å². The van der Waals surface area contributed by atoms with Gasteiger partial charge in [-0.25, -0.2) is 0 Å². The van der Waals surface area contributed by atoms with E-state index in [-0.39, 0.29) is 0 Å². The van der Waals surface area contributed by atoms with Crippen LogP contribution in [0.15, 0.2) is 0 Å². The molecular formula is C10H22B. The Morgan fingerprint density at radius 1 is 0.727 bits per heavy atom. The van der Waals surface area contributed by atoms with Crippen molar-refractivity contribution in [1.82, 2.24) is 0 Å². The first-order valence-corrected chi connectivity index (χ1v) is 5.23. The fourth-order valence-electron chi connectivity index (χ4n) is 1.22. The summed E-state index contributed by atoms with van der Waals surface area (Å²) in [5.41, 5.74) is 0. The molecule has 0 saturated heterocycles. The molecule has 0 aliphatic rings. The molecule has 0 spiro atoms. The van der Waals surface area contributed by atoms with Crippen molar-refractivity contribution >= 4 is 7.28 Å². The summed E-state index contributed by atoms with van der Waals surface area (Å²) in [4.78, 5) is 0. The highest BCUT2D eigenvalue weighted by Crippen LogP contribution is 2.04. The molecule has 0 aromatic heterocycles. The van der Waals surface area contributed by atoms with Gasteiger partial charge in [-0.1, -0.05) is 65.0 Å². The molecule has 11 heavy (non-hydrogen) atoms. The molecule has 0 nitrogen and oxygen atoms in total. The lowest BCUT2D eigenvalue weighted by molar-refractivity contribution is 0.752. The topological polar surface area (TPSA) is 0 Å². The van der Waals surface area contributed by atoms with Crippen LogP contribution in [-0.4, -0.2) is 7.28 Å². The van der Waals surface area contributed by atoms with Gasteiger partial charge in [0, 0.05) is 0 Å². The highest BCUT2D eigenvalue weighted by Gasteiger charge is 1.90. The van der Waals surface area contributed by atoms with Crippen LogP contribution in [0.4, 0.5) is 0 Å². The van der Waals surface area contributed by atoms with E-state index < -0.39 is 0 Å². The molecule has 1 radical (unpaired) electrons. The molecule has 0 aliphatic carbocycles. The fraction of sp³-hybridized carbons (Fsp3) is 1.00. The Morgan fingerprint density at radius 2 is 1.18 bits per heavy atom. The third kappa shape index (κ3) is 10.1. The summed E-state index contributed by atoms with van der Waals surface area (Å²) in [6.07, 6.45) is 11.0. The molecular weight excluding hydrogens is 131 g/mol. The van der Waals surface area contributed by atoms with Gasteiger partial charge in [0.2, 0.25) is 0 Å². The standard InChI is InChI=1S/C10H22B/c1-3-5-7-9-11-10-8-6-4-2/h3-10H2,1-2H3. The molecule has 0 fully saturated rings. The summed E-state index contributed by atoms with van der Waals surface area (Å²) in [6, 6.07) is 0. The zero-order valence-electron chi connectivity index (χ0n) is 8.23. The van der Waals surface area contributed by atoms with Crippen LogP contribution in [0.5, 0.6) is 0 Å². The van der Waals surface area contributed by atoms with E-state index >= 15 is 0 Å². The van der Waals surface area contributed by atoms with Gasteiger partial charge in [0.05, 0.1) is 0 Å². The van der Waals surface area contributed by atoms with E-state index in [1.165, 1.54) is 51.2 Å². The molecule has 0 aromatic carbocycles. The molecule has 0 amide bonds. The molecule has 65 valence electrons. The molecule has 0 heterocycles. The number of rotatable bonds is 8. The second-order valence-corrected chi connectivity index (χ2v) is 3.28. The Morgan fingerprint density at radius 3 is 1.55 bits per heavy atom. The van der Waals surface area contributed by atoms with Crippen LogP contribution < -0.4 is 0 Å². The second-order valence-electron chi connectivity index (χ2n) is 3.28. The van der Waals surface area contributed by atoms with E-state index in [1.54, 1.807) is 0 Å². The largest absolute Gasteiger partial charge is 0.109 e. The van der Waals surface area contributed by atoms with E-state index in [2.05, 4.69) is 21.1 Å². The Kier molecular flexibility index (Phi) is 10.1. The zero-order valence-corrected chi connectivity index (χ0v) is 8.23. The molecule has 0 unspecified atom stereocenters. The van der Waals surface area contributed by atoms with Gasteiger partial charge in [-0.3, -0.25) is 0 Å². The maximum absolute atomic E-state index is 2.46. The third-order valence-electron chi connectivity index (χ3n) is 2.02. The van der Waals surface area contributed by atoms with E-state index in [9.17, 15) is 0 Å². The smallest absolute Gasteiger partial charge is 0.0803 e. The van der Waals surface area contributed by atoms with Crippen LogP contribution >= 0.6 is 0 Å². The predicted molar refractivity (Wildman–Crippen MR) is 54.4 cm³/mol. The van der Waals surface area contributed by atoms with Gasteiger partial charge in [0.1, 0.15) is 7.28 Å². The van der Waals surface area contributed by atoms with Crippen molar-refractivity contribution in [3.63, 3.8) is 0 Å². The normalized spacial score (nSPS) is 10.0. The molecule has 0 saturated carbocycles. The van der Waals surface area contributed by atoms with Crippen molar-refractivity contribution in [3.8, 4) is 0 Å². The third-order valence-corrected chi connectivity index (χ3v) is 2.02. The van der Waals surface area contributed by atoms with Crippen LogP contribution in [-0.2, 0) is 0 Å². The highest BCUT2D eigenvalue weighted by atomic mass is 13.8. The van der Waals surface area contributed by atoms with Crippen molar-refractivity contribution in [2.45, 2.75) is 65.0 Å². The summed E-state index contributed by atoms with van der Waals surface area (Å²) in [5.74, 6) is 0. The maximum atomic E-state index is 2.46. The second kappa shape index (κ2) is 10.1. The summed E-state index contributed by atoms with van der Waals surface area (Å²) in [7, 11) is 2.46. The average Bonchev–Trinajstić information content (AvgIpc) is 2.03. The van der Waals surface area contributed by atoms with Gasteiger partial charge in [0.15, 0.2) is 0 Å². The lowest BCUT2D eigenvalue weighted by atomic mass is 9.68. The van der Waals surface area contributed by atoms with Crippen LogP contribution in [0.3, 0.4) is 0 Å². The molecule has 0 aliphatic heterocycles. The molecule has 0 atom stereocenters. The summed E-state index contributed by atoms with van der Waals surface area (Å²) >= 11 is 0. The quantitative estimate of drug-likeness (QED) is 0.366. The fourth-order valence-corrected chi connectivity index (χ4v) is 1.22. The van der Waals surface area contributed by atoms with Gasteiger partial charge in [-0.05, 0) is 0 Å². The average molecular weight is 153 g/mol. The SMILES string of the molecule is CCCCC[B]CCCCC. The van der Waals surface area contributed by atoms with Crippen LogP contribution in [0.25, 0.3) is 0 Å². The summed E-state index contributed by atoms with van der Waals surface area (Å²) < 4.78 is 0. The van der Waals surface area contributed by atoms with Gasteiger partial charge in [-0.2, -0.15) is 0 Å². The monoisotopic (exact) mass is 153 g/mol. The molecule has 0 rings (SSSR count). The maximum Gasteiger partial charge on any atom is 0.109 e. The lowest BCUT2D eigenvalue weighted by Gasteiger charge is -1.97. The highest BCUT2D eigenvalue weighted by molar-refractivity contribution is 6.35. The summed E-state index contributed by atoms with van der Waals surface area (Å²) in [6.45, 7) is 4.52. The predicted octanol–water partition coefficient (Wildman–Crippen LogP) is 3.91. The van der Waals surface area contributed by atoms with Gasteiger partial charge in [0.25, 0.3) is 0 Å². The van der Waals surface area contributed by atoms with Crippen LogP contribution in [0, 0.1) is 0 Å². The first-order chi connectivity index (χ1) is 5.41. The Hall–Kier alpha value is 0.0649. The van der Waals surface area contributed by atoms with E-state index in [4.69, 9.17) is 0 Å². The van der Waals surface area contributed by atoms with E-state index in [0.717, 1.165) is 0 Å². The van der Waals surface area contributed by atoms with Crippen molar-refractivity contribution < 1.29 is 0 Å². The Bertz CT molecular complexity index is 53.9. The molecule has 0 N–H and O–H groups in total. The summed E-state index contributed by atoms with van der Waals surface area (Å²) in [5, 5.41) is 0. The molecule has 1 heteroatoms. The van der Waals surface area contributed by atoms with Gasteiger partial charge in [-0.15, -0.1) is 0 Å². The van der Waals surface area contributed by atoms with Crippen molar-refractivity contribution in [1.29, 1.82) is 0 Å². The van der Waals surface area contributed by atoms with Crippen molar-refractivity contribution in [2.75, 3.05) is 0 Å². The minimum absolute atomic E-state index is 1.34. The van der Waals surface area contributed by atoms with E-state index in [1.807, 2.05) is 0 Å². The zero-order chi connectivity index (χ0) is 8.36. The first-order valence-electron chi connectivity index (χ1n) is 5.23. The first kappa shape index (κ1) is 11.1. The van der Waals surface area contributed by atoms with Crippen molar-refractivity contribution in [2.24, 2.45) is 0 Å². The molecule has 0 aromatic rings. The number of hydrogen-bond donors (Lipinski definition) is 0.